The number of furan rings is 1. The van der Waals surface area contributed by atoms with Gasteiger partial charge in [-0.25, -0.2) is 0 Å². The van der Waals surface area contributed by atoms with Gasteiger partial charge >= 0.3 is 0 Å². The Morgan fingerprint density at radius 1 is 1.14 bits per heavy atom. The second kappa shape index (κ2) is 9.39. The van der Waals surface area contributed by atoms with Gasteiger partial charge in [0.25, 0.3) is 5.91 Å². The first-order chi connectivity index (χ1) is 17.4. The van der Waals surface area contributed by atoms with Crippen LogP contribution in [0.1, 0.15) is 29.1 Å². The van der Waals surface area contributed by atoms with Crippen molar-refractivity contribution >= 4 is 39.9 Å². The maximum atomic E-state index is 13.8. The molecule has 4 aromatic rings. The van der Waals surface area contributed by atoms with E-state index in [2.05, 4.69) is 4.98 Å². The molecule has 0 bridgehead atoms. The van der Waals surface area contributed by atoms with Gasteiger partial charge in [-0.1, -0.05) is 11.6 Å². The molecule has 0 spiro atoms. The lowest BCUT2D eigenvalue weighted by Gasteiger charge is -2.26. The third kappa shape index (κ3) is 3.95. The maximum Gasteiger partial charge on any atom is 0.294 e. The Kier molecular flexibility index (Phi) is 6.12. The Morgan fingerprint density at radius 3 is 2.53 bits per heavy atom. The van der Waals surface area contributed by atoms with Crippen LogP contribution in [0.5, 0.6) is 11.5 Å². The minimum atomic E-state index is -0.912. The van der Waals surface area contributed by atoms with E-state index in [1.807, 2.05) is 6.92 Å². The van der Waals surface area contributed by atoms with Crippen molar-refractivity contribution in [3.05, 3.63) is 94.7 Å². The average molecular weight is 505 g/mol. The van der Waals surface area contributed by atoms with E-state index in [4.69, 9.17) is 25.5 Å². The van der Waals surface area contributed by atoms with Gasteiger partial charge in [0.2, 0.25) is 5.78 Å². The van der Waals surface area contributed by atoms with E-state index in [-0.39, 0.29) is 11.3 Å². The number of Topliss-reactive ketones (excluding diaryl/α,β-unsaturated/α-hetero) is 1. The normalized spacial score (nSPS) is 15.6. The first-order valence-corrected chi connectivity index (χ1v) is 11.5. The molecule has 1 unspecified atom stereocenters. The molecule has 182 valence electrons. The van der Waals surface area contributed by atoms with Gasteiger partial charge in [0, 0.05) is 34.6 Å². The maximum absolute atomic E-state index is 13.8. The number of methoxy groups -OCH3 is 1. The summed E-state index contributed by atoms with van der Waals surface area (Å²) >= 11 is 6.16. The topological polar surface area (TPSA) is 102 Å². The SMILES string of the molecule is CCOc1ccc(N2C(=O)C(O)=C(C(=O)c3cc4cc(Cl)cc(OC)c4o3)C2c2ccncc2)cc1. The minimum Gasteiger partial charge on any atom is -0.503 e. The van der Waals surface area contributed by atoms with Crippen molar-refractivity contribution in [3.8, 4) is 11.5 Å². The van der Waals surface area contributed by atoms with Crippen LogP contribution >= 0.6 is 11.6 Å². The highest BCUT2D eigenvalue weighted by Gasteiger charge is 2.45. The molecule has 0 fully saturated rings. The number of carbonyl (C=O) groups excluding carboxylic acids is 2. The summed E-state index contributed by atoms with van der Waals surface area (Å²) in [6, 6.07) is 14.0. The number of ether oxygens (including phenoxy) is 2. The molecule has 5 rings (SSSR count). The molecule has 0 saturated heterocycles. The van der Waals surface area contributed by atoms with Crippen LogP contribution in [0.3, 0.4) is 0 Å². The van der Waals surface area contributed by atoms with Crippen LogP contribution in [0, 0.1) is 0 Å². The highest BCUT2D eigenvalue weighted by Crippen LogP contribution is 2.43. The quantitative estimate of drug-likeness (QED) is 0.323. The largest absolute Gasteiger partial charge is 0.503 e. The number of fused-ring (bicyclic) bond motifs is 1. The van der Waals surface area contributed by atoms with Crippen LogP contribution in [0.15, 0.2) is 82.7 Å². The van der Waals surface area contributed by atoms with Gasteiger partial charge < -0.3 is 19.0 Å². The highest BCUT2D eigenvalue weighted by atomic mass is 35.5. The zero-order chi connectivity index (χ0) is 25.4. The molecule has 1 N–H and O–H groups in total. The summed E-state index contributed by atoms with van der Waals surface area (Å²) in [5.74, 6) is -1.06. The van der Waals surface area contributed by atoms with E-state index in [9.17, 15) is 14.7 Å². The number of aliphatic hydroxyl groups is 1. The van der Waals surface area contributed by atoms with Gasteiger partial charge in [0.1, 0.15) is 5.75 Å². The number of benzene rings is 2. The van der Waals surface area contributed by atoms with Crippen LogP contribution in [-0.2, 0) is 4.79 Å². The lowest BCUT2D eigenvalue weighted by atomic mass is 9.95. The predicted octanol–water partition coefficient (Wildman–Crippen LogP) is 5.67. The standard InChI is InChI=1S/C27H21ClN2O6/c1-3-35-19-6-4-18(5-7-19)30-23(15-8-10-29-11-9-15)22(25(32)27(30)33)24(31)20-13-16-12-17(28)14-21(34-2)26(16)36-20/h4-14,23,32H,3H2,1-2H3. The fourth-order valence-electron chi connectivity index (χ4n) is 4.32. The van der Waals surface area contributed by atoms with Gasteiger partial charge in [-0.15, -0.1) is 0 Å². The number of amides is 1. The van der Waals surface area contributed by atoms with Gasteiger partial charge in [0.15, 0.2) is 22.9 Å². The van der Waals surface area contributed by atoms with Crippen molar-refractivity contribution in [1.29, 1.82) is 0 Å². The van der Waals surface area contributed by atoms with E-state index in [1.54, 1.807) is 60.9 Å². The molecule has 2 aromatic carbocycles. The van der Waals surface area contributed by atoms with Gasteiger partial charge in [0.05, 0.1) is 25.3 Å². The summed E-state index contributed by atoms with van der Waals surface area (Å²) in [4.78, 5) is 32.5. The fourth-order valence-corrected chi connectivity index (χ4v) is 4.53. The number of halogens is 1. The molecule has 0 saturated carbocycles. The molecule has 9 heteroatoms. The molecule has 0 aliphatic carbocycles. The third-order valence-corrected chi connectivity index (χ3v) is 6.11. The second-order valence-corrected chi connectivity index (χ2v) is 8.45. The molecule has 1 atom stereocenters. The number of anilines is 1. The summed E-state index contributed by atoms with van der Waals surface area (Å²) in [6.45, 7) is 2.37. The number of nitrogens with zero attached hydrogens (tertiary/aromatic N) is 2. The zero-order valence-electron chi connectivity index (χ0n) is 19.4. The van der Waals surface area contributed by atoms with Gasteiger partial charge in [-0.2, -0.15) is 0 Å². The number of aliphatic hydroxyl groups excluding tert-OH is 1. The first-order valence-electron chi connectivity index (χ1n) is 11.1. The summed E-state index contributed by atoms with van der Waals surface area (Å²) in [5, 5.41) is 11.9. The Hall–Kier alpha value is -4.30. The molecular weight excluding hydrogens is 484 g/mol. The van der Waals surface area contributed by atoms with Crippen LogP contribution < -0.4 is 14.4 Å². The number of ketones is 1. The highest BCUT2D eigenvalue weighted by molar-refractivity contribution is 6.31. The Morgan fingerprint density at radius 2 is 1.86 bits per heavy atom. The Balaban J connectivity index is 1.62. The third-order valence-electron chi connectivity index (χ3n) is 5.89. The molecular formula is C27H21ClN2O6. The lowest BCUT2D eigenvalue weighted by molar-refractivity contribution is -0.117. The van der Waals surface area contributed by atoms with Crippen LogP contribution in [0.2, 0.25) is 5.02 Å². The first kappa shape index (κ1) is 23.4. The number of rotatable bonds is 7. The molecule has 2 aromatic heterocycles. The van der Waals surface area contributed by atoms with Gasteiger partial charge in [-0.3, -0.25) is 19.5 Å². The van der Waals surface area contributed by atoms with Crippen molar-refractivity contribution in [2.75, 3.05) is 18.6 Å². The van der Waals surface area contributed by atoms with Crippen molar-refractivity contribution in [1.82, 2.24) is 4.98 Å². The zero-order valence-corrected chi connectivity index (χ0v) is 20.2. The molecule has 1 amide bonds. The summed E-state index contributed by atoms with van der Waals surface area (Å²) in [6.07, 6.45) is 3.11. The fraction of sp³-hybridized carbons (Fsp3) is 0.148. The van der Waals surface area contributed by atoms with Crippen LogP contribution in [0.4, 0.5) is 5.69 Å². The average Bonchev–Trinajstić information content (AvgIpc) is 3.43. The molecule has 8 nitrogen and oxygen atoms in total. The van der Waals surface area contributed by atoms with E-state index in [0.29, 0.717) is 45.3 Å². The summed E-state index contributed by atoms with van der Waals surface area (Å²) in [7, 11) is 1.47. The number of pyridine rings is 1. The van der Waals surface area contributed by atoms with Crippen LogP contribution in [-0.4, -0.2) is 35.5 Å². The smallest absolute Gasteiger partial charge is 0.294 e. The Labute approximate surface area is 211 Å². The lowest BCUT2D eigenvalue weighted by Crippen LogP contribution is -2.31. The Bertz CT molecular complexity index is 1490. The molecule has 0 radical (unpaired) electrons. The van der Waals surface area contributed by atoms with E-state index in [1.165, 1.54) is 18.1 Å². The summed E-state index contributed by atoms with van der Waals surface area (Å²) < 4.78 is 16.7. The summed E-state index contributed by atoms with van der Waals surface area (Å²) in [5.41, 5.74) is 1.30. The minimum absolute atomic E-state index is 0.0625. The van der Waals surface area contributed by atoms with Crippen LogP contribution in [0.25, 0.3) is 11.0 Å². The molecule has 1 aliphatic heterocycles. The van der Waals surface area contributed by atoms with Crippen molar-refractivity contribution in [2.24, 2.45) is 0 Å². The van der Waals surface area contributed by atoms with Gasteiger partial charge in [-0.05, 0) is 61.0 Å². The monoisotopic (exact) mass is 504 g/mol. The predicted molar refractivity (Wildman–Crippen MR) is 134 cm³/mol. The number of carbonyl (C=O) groups is 2. The van der Waals surface area contributed by atoms with E-state index in [0.717, 1.165) is 0 Å². The second-order valence-electron chi connectivity index (χ2n) is 8.01. The van der Waals surface area contributed by atoms with Crippen molar-refractivity contribution in [2.45, 2.75) is 13.0 Å². The number of hydrogen-bond acceptors (Lipinski definition) is 7. The van der Waals surface area contributed by atoms with E-state index >= 15 is 0 Å². The molecule has 1 aliphatic rings. The van der Waals surface area contributed by atoms with Crippen molar-refractivity contribution < 1.29 is 28.6 Å². The number of hydrogen-bond donors (Lipinski definition) is 1. The number of aromatic nitrogens is 1. The van der Waals surface area contributed by atoms with E-state index < -0.39 is 23.5 Å². The molecule has 36 heavy (non-hydrogen) atoms. The molecule has 3 heterocycles. The van der Waals surface area contributed by atoms with Crippen molar-refractivity contribution in [3.63, 3.8) is 0 Å².